The highest BCUT2D eigenvalue weighted by Gasteiger charge is 2.06. The van der Waals surface area contributed by atoms with E-state index in [4.69, 9.17) is 0 Å². The molecule has 0 spiro atoms. The fraction of sp³-hybridized carbons (Fsp3) is 0.150. The second-order valence-electron chi connectivity index (χ2n) is 5.64. The van der Waals surface area contributed by atoms with E-state index >= 15 is 0 Å². The maximum Gasteiger partial charge on any atom is 0.253 e. The van der Waals surface area contributed by atoms with Gasteiger partial charge in [-0.05, 0) is 35.7 Å². The molecule has 0 bridgehead atoms. The molecule has 3 aromatic rings. The van der Waals surface area contributed by atoms with Gasteiger partial charge < -0.3 is 10.6 Å². The number of benzene rings is 1. The smallest absolute Gasteiger partial charge is 0.253 e. The van der Waals surface area contributed by atoms with Crippen LogP contribution < -0.4 is 10.6 Å². The number of amides is 1. The van der Waals surface area contributed by atoms with Gasteiger partial charge in [0.2, 0.25) is 0 Å². The predicted octanol–water partition coefficient (Wildman–Crippen LogP) is 3.06. The van der Waals surface area contributed by atoms with Gasteiger partial charge in [0.05, 0.1) is 5.56 Å². The lowest BCUT2D eigenvalue weighted by Crippen LogP contribution is -2.23. The first kappa shape index (κ1) is 16.6. The molecule has 0 radical (unpaired) electrons. The quantitative estimate of drug-likeness (QED) is 0.698. The molecule has 0 aliphatic heterocycles. The summed E-state index contributed by atoms with van der Waals surface area (Å²) in [6.07, 6.45) is 5.95. The Morgan fingerprint density at radius 3 is 2.48 bits per heavy atom. The molecule has 126 valence electrons. The molecule has 2 heterocycles. The lowest BCUT2D eigenvalue weighted by atomic mass is 10.1. The minimum Gasteiger partial charge on any atom is -0.370 e. The van der Waals surface area contributed by atoms with Crippen LogP contribution in [0, 0.1) is 0 Å². The average Bonchev–Trinajstić information content (AvgIpc) is 2.68. The molecule has 2 N–H and O–H groups in total. The molecule has 0 unspecified atom stereocenters. The lowest BCUT2D eigenvalue weighted by Gasteiger charge is -2.08. The number of nitrogens with zero attached hydrogens (tertiary/aromatic N) is 2. The largest absolute Gasteiger partial charge is 0.370 e. The van der Waals surface area contributed by atoms with Gasteiger partial charge in [0, 0.05) is 31.7 Å². The van der Waals surface area contributed by atoms with Gasteiger partial charge in [-0.15, -0.1) is 0 Å². The van der Waals surface area contributed by atoms with Crippen LogP contribution in [0.2, 0.25) is 0 Å². The summed E-state index contributed by atoms with van der Waals surface area (Å²) in [5.41, 5.74) is 2.78. The molecule has 5 heteroatoms. The van der Waals surface area contributed by atoms with Crippen molar-refractivity contribution in [3.63, 3.8) is 0 Å². The minimum absolute atomic E-state index is 0.146. The second kappa shape index (κ2) is 8.59. The fourth-order valence-electron chi connectivity index (χ4n) is 2.40. The van der Waals surface area contributed by atoms with E-state index in [9.17, 15) is 4.79 Å². The van der Waals surface area contributed by atoms with Gasteiger partial charge in [0.1, 0.15) is 5.82 Å². The number of carbonyl (C=O) groups excluding carboxylic acids is 1. The van der Waals surface area contributed by atoms with Crippen molar-refractivity contribution in [2.45, 2.75) is 13.0 Å². The lowest BCUT2D eigenvalue weighted by molar-refractivity contribution is 0.0950. The Bertz CT molecular complexity index is 789. The summed E-state index contributed by atoms with van der Waals surface area (Å²) in [4.78, 5) is 20.5. The van der Waals surface area contributed by atoms with Crippen molar-refractivity contribution < 1.29 is 4.79 Å². The first-order valence-electron chi connectivity index (χ1n) is 8.22. The van der Waals surface area contributed by atoms with Crippen molar-refractivity contribution in [2.24, 2.45) is 0 Å². The van der Waals surface area contributed by atoms with Crippen LogP contribution in [0.3, 0.4) is 0 Å². The van der Waals surface area contributed by atoms with Gasteiger partial charge in [-0.3, -0.25) is 9.78 Å². The van der Waals surface area contributed by atoms with Crippen LogP contribution in [-0.4, -0.2) is 22.4 Å². The summed E-state index contributed by atoms with van der Waals surface area (Å²) in [5, 5.41) is 6.13. The second-order valence-corrected chi connectivity index (χ2v) is 5.64. The molecule has 0 aliphatic carbocycles. The fourth-order valence-corrected chi connectivity index (χ4v) is 2.40. The molecule has 3 rings (SSSR count). The van der Waals surface area contributed by atoms with E-state index in [-0.39, 0.29) is 5.91 Å². The Balaban J connectivity index is 1.47. The van der Waals surface area contributed by atoms with Crippen molar-refractivity contribution in [3.8, 4) is 0 Å². The first-order chi connectivity index (χ1) is 12.3. The standard InChI is InChI=1S/C20H20N4O/c25-20(24-14-17-7-4-11-21-13-17)18-8-9-19(23-15-18)22-12-10-16-5-2-1-3-6-16/h1-9,11,13,15H,10,12,14H2,(H,22,23)(H,24,25). The van der Waals surface area contributed by atoms with Crippen LogP contribution in [0.5, 0.6) is 0 Å². The van der Waals surface area contributed by atoms with Gasteiger partial charge in [0.15, 0.2) is 0 Å². The van der Waals surface area contributed by atoms with Gasteiger partial charge in [-0.25, -0.2) is 4.98 Å². The number of carbonyl (C=O) groups is 1. The van der Waals surface area contributed by atoms with Crippen molar-refractivity contribution >= 4 is 11.7 Å². The Morgan fingerprint density at radius 1 is 0.920 bits per heavy atom. The summed E-state index contributed by atoms with van der Waals surface area (Å²) < 4.78 is 0. The number of hydrogen-bond donors (Lipinski definition) is 2. The van der Waals surface area contributed by atoms with E-state index in [1.54, 1.807) is 24.7 Å². The predicted molar refractivity (Wildman–Crippen MR) is 98.3 cm³/mol. The number of anilines is 1. The summed E-state index contributed by atoms with van der Waals surface area (Å²) in [5.74, 6) is 0.618. The zero-order valence-corrected chi connectivity index (χ0v) is 13.9. The van der Waals surface area contributed by atoms with Crippen LogP contribution in [0.4, 0.5) is 5.82 Å². The minimum atomic E-state index is -0.146. The number of aromatic nitrogens is 2. The van der Waals surface area contributed by atoms with E-state index in [1.807, 2.05) is 36.4 Å². The summed E-state index contributed by atoms with van der Waals surface area (Å²) in [6.45, 7) is 1.24. The van der Waals surface area contributed by atoms with Crippen LogP contribution in [0.25, 0.3) is 0 Å². The normalized spacial score (nSPS) is 10.2. The molecule has 0 saturated heterocycles. The molecule has 0 fully saturated rings. The number of rotatable bonds is 7. The molecule has 0 saturated carbocycles. The molecule has 1 amide bonds. The molecular formula is C20H20N4O. The topological polar surface area (TPSA) is 66.9 Å². The van der Waals surface area contributed by atoms with E-state index < -0.39 is 0 Å². The Labute approximate surface area is 147 Å². The van der Waals surface area contributed by atoms with Crippen LogP contribution in [0.15, 0.2) is 73.2 Å². The molecule has 2 aromatic heterocycles. The third-order valence-corrected chi connectivity index (χ3v) is 3.76. The SMILES string of the molecule is O=C(NCc1cccnc1)c1ccc(NCCc2ccccc2)nc1. The Kier molecular flexibility index (Phi) is 5.72. The molecule has 5 nitrogen and oxygen atoms in total. The summed E-state index contributed by atoms with van der Waals surface area (Å²) in [7, 11) is 0. The third kappa shape index (κ3) is 5.14. The maximum atomic E-state index is 12.1. The van der Waals surface area contributed by atoms with Crippen LogP contribution >= 0.6 is 0 Å². The van der Waals surface area contributed by atoms with Crippen molar-refractivity contribution in [1.29, 1.82) is 0 Å². The Hall–Kier alpha value is -3.21. The summed E-state index contributed by atoms with van der Waals surface area (Å²) in [6, 6.07) is 17.6. The third-order valence-electron chi connectivity index (χ3n) is 3.76. The first-order valence-corrected chi connectivity index (χ1v) is 8.22. The number of hydrogen-bond acceptors (Lipinski definition) is 4. The molecule has 0 atom stereocenters. The average molecular weight is 332 g/mol. The molecule has 1 aromatic carbocycles. The monoisotopic (exact) mass is 332 g/mol. The number of pyridine rings is 2. The van der Waals surface area contributed by atoms with Crippen LogP contribution in [-0.2, 0) is 13.0 Å². The van der Waals surface area contributed by atoms with Crippen LogP contribution in [0.1, 0.15) is 21.5 Å². The van der Waals surface area contributed by atoms with Crippen molar-refractivity contribution in [3.05, 3.63) is 89.9 Å². The number of nitrogens with one attached hydrogen (secondary N) is 2. The van der Waals surface area contributed by atoms with E-state index in [0.717, 1.165) is 24.3 Å². The van der Waals surface area contributed by atoms with E-state index in [2.05, 4.69) is 32.7 Å². The zero-order chi connectivity index (χ0) is 17.3. The van der Waals surface area contributed by atoms with Gasteiger partial charge in [-0.1, -0.05) is 36.4 Å². The van der Waals surface area contributed by atoms with Gasteiger partial charge >= 0.3 is 0 Å². The Morgan fingerprint density at radius 2 is 1.76 bits per heavy atom. The molecule has 25 heavy (non-hydrogen) atoms. The maximum absolute atomic E-state index is 12.1. The molecular weight excluding hydrogens is 312 g/mol. The van der Waals surface area contributed by atoms with E-state index in [1.165, 1.54) is 5.56 Å². The van der Waals surface area contributed by atoms with Gasteiger partial charge in [0.25, 0.3) is 5.91 Å². The molecule has 0 aliphatic rings. The highest BCUT2D eigenvalue weighted by atomic mass is 16.1. The summed E-state index contributed by atoms with van der Waals surface area (Å²) >= 11 is 0. The van der Waals surface area contributed by atoms with E-state index in [0.29, 0.717) is 12.1 Å². The van der Waals surface area contributed by atoms with Crippen molar-refractivity contribution in [2.75, 3.05) is 11.9 Å². The highest BCUT2D eigenvalue weighted by molar-refractivity contribution is 5.93. The van der Waals surface area contributed by atoms with Gasteiger partial charge in [-0.2, -0.15) is 0 Å². The van der Waals surface area contributed by atoms with Crippen molar-refractivity contribution in [1.82, 2.24) is 15.3 Å². The zero-order valence-electron chi connectivity index (χ0n) is 13.9. The highest BCUT2D eigenvalue weighted by Crippen LogP contribution is 2.07.